The van der Waals surface area contributed by atoms with Crippen molar-refractivity contribution >= 4 is 5.91 Å². The molecule has 1 unspecified atom stereocenters. The standard InChI is InChI=1S/C16H12F3NO2/c17-10-5-9-6-11(22-15(9)14(19)7-10)8-20-16(21)12-3-1-2-4-13(12)18/h1-5,7,11H,6,8H2,(H,20,21). The zero-order valence-corrected chi connectivity index (χ0v) is 11.4. The van der Waals surface area contributed by atoms with Gasteiger partial charge in [0.15, 0.2) is 11.6 Å². The highest BCUT2D eigenvalue weighted by Crippen LogP contribution is 2.32. The second-order valence-electron chi connectivity index (χ2n) is 5.01. The molecule has 1 N–H and O–H groups in total. The third-order valence-electron chi connectivity index (χ3n) is 3.43. The van der Waals surface area contributed by atoms with Crippen LogP contribution < -0.4 is 10.1 Å². The Morgan fingerprint density at radius 3 is 2.73 bits per heavy atom. The Morgan fingerprint density at radius 1 is 1.18 bits per heavy atom. The molecule has 0 spiro atoms. The minimum atomic E-state index is -0.766. The molecular formula is C16H12F3NO2. The van der Waals surface area contributed by atoms with E-state index in [1.807, 2.05) is 0 Å². The fourth-order valence-corrected chi connectivity index (χ4v) is 2.41. The molecule has 1 aliphatic heterocycles. The second-order valence-corrected chi connectivity index (χ2v) is 5.01. The molecule has 3 nitrogen and oxygen atoms in total. The summed E-state index contributed by atoms with van der Waals surface area (Å²) in [5, 5.41) is 2.53. The Morgan fingerprint density at radius 2 is 1.95 bits per heavy atom. The molecule has 22 heavy (non-hydrogen) atoms. The van der Waals surface area contributed by atoms with E-state index in [0.717, 1.165) is 6.07 Å². The minimum absolute atomic E-state index is 0.00606. The van der Waals surface area contributed by atoms with Crippen LogP contribution in [0.5, 0.6) is 5.75 Å². The quantitative estimate of drug-likeness (QED) is 0.947. The molecule has 0 bridgehead atoms. The second kappa shape index (κ2) is 5.71. The summed E-state index contributed by atoms with van der Waals surface area (Å²) in [6.07, 6.45) is -0.233. The van der Waals surface area contributed by atoms with Crippen LogP contribution in [0.15, 0.2) is 36.4 Å². The molecule has 0 aromatic heterocycles. The first kappa shape index (κ1) is 14.4. The molecule has 0 saturated heterocycles. The molecule has 1 amide bonds. The number of benzene rings is 2. The van der Waals surface area contributed by atoms with Gasteiger partial charge < -0.3 is 10.1 Å². The average molecular weight is 307 g/mol. The predicted octanol–water partition coefficient (Wildman–Crippen LogP) is 2.84. The first-order valence-electron chi connectivity index (χ1n) is 6.72. The average Bonchev–Trinajstić information content (AvgIpc) is 2.88. The molecule has 6 heteroatoms. The van der Waals surface area contributed by atoms with Crippen LogP contribution >= 0.6 is 0 Å². The number of hydrogen-bond acceptors (Lipinski definition) is 2. The van der Waals surface area contributed by atoms with E-state index >= 15 is 0 Å². The van der Waals surface area contributed by atoms with Crippen LogP contribution in [0.1, 0.15) is 15.9 Å². The van der Waals surface area contributed by atoms with Gasteiger partial charge in [0.05, 0.1) is 12.1 Å². The Hall–Kier alpha value is -2.50. The molecule has 3 rings (SSSR count). The van der Waals surface area contributed by atoms with E-state index in [4.69, 9.17) is 4.74 Å². The third-order valence-corrected chi connectivity index (χ3v) is 3.43. The van der Waals surface area contributed by atoms with E-state index in [9.17, 15) is 18.0 Å². The number of carbonyl (C=O) groups excluding carboxylic acids is 1. The Balaban J connectivity index is 1.64. The number of amides is 1. The SMILES string of the molecule is O=C(NCC1Cc2cc(F)cc(F)c2O1)c1ccccc1F. The van der Waals surface area contributed by atoms with Gasteiger partial charge in [0, 0.05) is 18.1 Å². The Kier molecular flexibility index (Phi) is 3.75. The Bertz CT molecular complexity index is 733. The molecule has 2 aromatic rings. The van der Waals surface area contributed by atoms with Crippen LogP contribution in [-0.4, -0.2) is 18.6 Å². The van der Waals surface area contributed by atoms with Crippen molar-refractivity contribution in [3.63, 3.8) is 0 Å². The topological polar surface area (TPSA) is 38.3 Å². The number of carbonyl (C=O) groups is 1. The highest BCUT2D eigenvalue weighted by Gasteiger charge is 2.27. The summed E-state index contributed by atoms with van der Waals surface area (Å²) in [6.45, 7) is 0.0723. The lowest BCUT2D eigenvalue weighted by Crippen LogP contribution is -2.34. The van der Waals surface area contributed by atoms with Gasteiger partial charge in [-0.3, -0.25) is 4.79 Å². The van der Waals surface area contributed by atoms with Gasteiger partial charge in [0.2, 0.25) is 0 Å². The van der Waals surface area contributed by atoms with Crippen molar-refractivity contribution in [2.45, 2.75) is 12.5 Å². The largest absolute Gasteiger partial charge is 0.485 e. The van der Waals surface area contributed by atoms with Gasteiger partial charge in [-0.2, -0.15) is 0 Å². The number of ether oxygens (including phenoxy) is 1. The van der Waals surface area contributed by atoms with Crippen molar-refractivity contribution in [1.82, 2.24) is 5.32 Å². The van der Waals surface area contributed by atoms with Crippen molar-refractivity contribution in [3.05, 3.63) is 65.0 Å². The van der Waals surface area contributed by atoms with Gasteiger partial charge in [-0.15, -0.1) is 0 Å². The van der Waals surface area contributed by atoms with Crippen molar-refractivity contribution in [1.29, 1.82) is 0 Å². The zero-order valence-electron chi connectivity index (χ0n) is 11.4. The molecule has 1 atom stereocenters. The highest BCUT2D eigenvalue weighted by atomic mass is 19.1. The number of hydrogen-bond donors (Lipinski definition) is 1. The van der Waals surface area contributed by atoms with Crippen molar-refractivity contribution < 1.29 is 22.7 Å². The minimum Gasteiger partial charge on any atom is -0.485 e. The van der Waals surface area contributed by atoms with Crippen LogP contribution in [0.3, 0.4) is 0 Å². The maximum Gasteiger partial charge on any atom is 0.254 e. The molecule has 0 radical (unpaired) electrons. The van der Waals surface area contributed by atoms with Gasteiger partial charge in [0.1, 0.15) is 17.7 Å². The summed E-state index contributed by atoms with van der Waals surface area (Å²) in [6, 6.07) is 7.55. The smallest absolute Gasteiger partial charge is 0.254 e. The van der Waals surface area contributed by atoms with Crippen LogP contribution in [0.4, 0.5) is 13.2 Å². The summed E-state index contributed by atoms with van der Waals surface area (Å²) in [5.41, 5.74) is 0.345. The van der Waals surface area contributed by atoms with E-state index < -0.39 is 29.5 Å². The van der Waals surface area contributed by atoms with Gasteiger partial charge in [-0.25, -0.2) is 13.2 Å². The molecule has 114 valence electrons. The van der Waals surface area contributed by atoms with Gasteiger partial charge in [-0.1, -0.05) is 12.1 Å². The fraction of sp³-hybridized carbons (Fsp3) is 0.188. The zero-order chi connectivity index (χ0) is 15.7. The predicted molar refractivity (Wildman–Crippen MR) is 73.2 cm³/mol. The number of rotatable bonds is 3. The van der Waals surface area contributed by atoms with Gasteiger partial charge >= 0.3 is 0 Å². The van der Waals surface area contributed by atoms with E-state index in [1.165, 1.54) is 24.3 Å². The molecule has 2 aromatic carbocycles. The molecule has 0 fully saturated rings. The summed E-state index contributed by atoms with van der Waals surface area (Å²) in [4.78, 5) is 11.9. The van der Waals surface area contributed by atoms with Crippen LogP contribution in [0, 0.1) is 17.5 Å². The normalized spacial score (nSPS) is 16.0. The lowest BCUT2D eigenvalue weighted by atomic mass is 10.1. The third kappa shape index (κ3) is 2.77. The number of halogens is 3. The first-order chi connectivity index (χ1) is 10.5. The lowest BCUT2D eigenvalue weighted by molar-refractivity contribution is 0.0929. The summed E-state index contributed by atoms with van der Waals surface area (Å²) < 4.78 is 45.5. The van der Waals surface area contributed by atoms with Crippen molar-refractivity contribution in [3.8, 4) is 5.75 Å². The number of fused-ring (bicyclic) bond motifs is 1. The maximum absolute atomic E-state index is 13.5. The van der Waals surface area contributed by atoms with Crippen LogP contribution in [0.2, 0.25) is 0 Å². The molecule has 1 heterocycles. The van der Waals surface area contributed by atoms with Crippen molar-refractivity contribution in [2.24, 2.45) is 0 Å². The lowest BCUT2D eigenvalue weighted by Gasteiger charge is -2.12. The molecule has 0 saturated carbocycles. The molecule has 1 aliphatic rings. The van der Waals surface area contributed by atoms with E-state index in [1.54, 1.807) is 6.07 Å². The van der Waals surface area contributed by atoms with E-state index in [-0.39, 0.29) is 24.3 Å². The number of nitrogens with one attached hydrogen (secondary N) is 1. The highest BCUT2D eigenvalue weighted by molar-refractivity contribution is 5.94. The monoisotopic (exact) mass is 307 g/mol. The summed E-state index contributed by atoms with van der Waals surface area (Å²) in [5.74, 6) is -2.63. The summed E-state index contributed by atoms with van der Waals surface area (Å²) in [7, 11) is 0. The summed E-state index contributed by atoms with van der Waals surface area (Å²) >= 11 is 0. The molecular weight excluding hydrogens is 295 g/mol. The molecule has 0 aliphatic carbocycles. The van der Waals surface area contributed by atoms with Crippen LogP contribution in [0.25, 0.3) is 0 Å². The van der Waals surface area contributed by atoms with Gasteiger partial charge in [0.25, 0.3) is 5.91 Å². The van der Waals surface area contributed by atoms with Crippen LogP contribution in [-0.2, 0) is 6.42 Å². The Labute approximate surface area is 124 Å². The van der Waals surface area contributed by atoms with E-state index in [0.29, 0.717) is 5.56 Å². The maximum atomic E-state index is 13.5. The van der Waals surface area contributed by atoms with E-state index in [2.05, 4.69) is 5.32 Å². The van der Waals surface area contributed by atoms with Gasteiger partial charge in [-0.05, 0) is 18.2 Å². The first-order valence-corrected chi connectivity index (χ1v) is 6.72. The fourth-order valence-electron chi connectivity index (χ4n) is 2.41. The van der Waals surface area contributed by atoms with Crippen molar-refractivity contribution in [2.75, 3.05) is 6.54 Å².